The Morgan fingerprint density at radius 2 is 1.80 bits per heavy atom. The Balaban J connectivity index is 1.52. The van der Waals surface area contributed by atoms with Crippen LogP contribution in [-0.4, -0.2) is 70.6 Å². The van der Waals surface area contributed by atoms with E-state index in [4.69, 9.17) is 33.0 Å². The van der Waals surface area contributed by atoms with Crippen molar-refractivity contribution in [2.45, 2.75) is 56.1 Å². The van der Waals surface area contributed by atoms with Crippen molar-refractivity contribution in [3.05, 3.63) is 127 Å². The van der Waals surface area contributed by atoms with E-state index >= 15 is 4.39 Å². The van der Waals surface area contributed by atoms with Gasteiger partial charge in [0.2, 0.25) is 0 Å². The number of allylic oxidation sites excluding steroid dienone is 2. The maximum Gasteiger partial charge on any atom is 0.475 e. The molecule has 12 nitrogen and oxygen atoms in total. The molecule has 2 unspecified atom stereocenters. The Morgan fingerprint density at radius 1 is 1.09 bits per heavy atom. The Labute approximate surface area is 328 Å². The van der Waals surface area contributed by atoms with Gasteiger partial charge in [-0.25, -0.2) is 27.4 Å². The summed E-state index contributed by atoms with van der Waals surface area (Å²) in [6, 6.07) is 9.10. The Morgan fingerprint density at radius 3 is 2.41 bits per heavy atom. The molecule has 2 aromatic carbocycles. The van der Waals surface area contributed by atoms with E-state index in [-0.39, 0.29) is 62.4 Å². The first-order valence-corrected chi connectivity index (χ1v) is 19.8. The van der Waals surface area contributed by atoms with Crippen molar-refractivity contribution in [2.24, 2.45) is 5.41 Å². The highest BCUT2D eigenvalue weighted by Gasteiger charge is 2.49. The zero-order valence-corrected chi connectivity index (χ0v) is 32.9. The van der Waals surface area contributed by atoms with E-state index in [1.807, 2.05) is 6.07 Å². The Hall–Kier alpha value is -4.33. The third kappa shape index (κ3) is 12.3. The lowest BCUT2D eigenvalue weighted by Crippen LogP contribution is -2.49. The SMILES string of the molecule is C=CCOP(=O)(OCC=C)OCCC(C)(C)C(=O)OC(Cn1cncn1)(c1ccc(F)cc1F)C(C)SC1COC(C=CC=Cc2ccc(C#N)cc2F)OC1. The molecule has 17 heteroatoms. The van der Waals surface area contributed by atoms with E-state index < -0.39 is 53.8 Å². The molecule has 2 heterocycles. The molecular weight excluding hydrogens is 772 g/mol. The van der Waals surface area contributed by atoms with E-state index in [0.29, 0.717) is 11.6 Å². The van der Waals surface area contributed by atoms with Crippen molar-refractivity contribution in [1.29, 1.82) is 5.26 Å². The van der Waals surface area contributed by atoms with Gasteiger partial charge in [-0.1, -0.05) is 36.4 Å². The van der Waals surface area contributed by atoms with Gasteiger partial charge in [-0.3, -0.25) is 18.4 Å². The number of phosphoric acid groups is 1. The first-order chi connectivity index (χ1) is 26.7. The van der Waals surface area contributed by atoms with Gasteiger partial charge in [0.1, 0.15) is 30.1 Å². The van der Waals surface area contributed by atoms with Crippen molar-refractivity contribution < 1.29 is 50.3 Å². The van der Waals surface area contributed by atoms with Crippen molar-refractivity contribution in [3.63, 3.8) is 0 Å². The molecule has 0 amide bonds. The van der Waals surface area contributed by atoms with Gasteiger partial charge < -0.3 is 14.2 Å². The number of esters is 1. The highest BCUT2D eigenvalue weighted by Crippen LogP contribution is 2.50. The van der Waals surface area contributed by atoms with Crippen molar-refractivity contribution in [3.8, 4) is 6.07 Å². The van der Waals surface area contributed by atoms with Crippen LogP contribution in [0, 0.1) is 34.2 Å². The minimum Gasteiger partial charge on any atom is -0.450 e. The number of nitriles is 1. The summed E-state index contributed by atoms with van der Waals surface area (Å²) < 4.78 is 93.0. The van der Waals surface area contributed by atoms with Gasteiger partial charge >= 0.3 is 13.8 Å². The first-order valence-electron chi connectivity index (χ1n) is 17.4. The molecule has 0 aliphatic carbocycles. The van der Waals surface area contributed by atoms with Crippen LogP contribution < -0.4 is 0 Å². The molecule has 3 aromatic rings. The van der Waals surface area contributed by atoms with Crippen LogP contribution in [0.5, 0.6) is 0 Å². The normalized spacial score (nSPS) is 18.0. The number of thioether (sulfide) groups is 1. The van der Waals surface area contributed by atoms with E-state index in [0.717, 1.165) is 12.1 Å². The maximum absolute atomic E-state index is 15.9. The van der Waals surface area contributed by atoms with Crippen molar-refractivity contribution in [1.82, 2.24) is 14.8 Å². The molecule has 0 saturated carbocycles. The smallest absolute Gasteiger partial charge is 0.450 e. The lowest BCUT2D eigenvalue weighted by atomic mass is 9.86. The second-order valence-electron chi connectivity index (χ2n) is 13.1. The Bertz CT molecular complexity index is 1930. The van der Waals surface area contributed by atoms with Crippen LogP contribution in [0.4, 0.5) is 13.2 Å². The van der Waals surface area contributed by atoms with Crippen LogP contribution in [0.3, 0.4) is 0 Å². The summed E-state index contributed by atoms with van der Waals surface area (Å²) in [5.74, 6) is -3.05. The van der Waals surface area contributed by atoms with Gasteiger partial charge in [-0.05, 0) is 57.5 Å². The number of aromatic nitrogens is 3. The second kappa shape index (κ2) is 20.7. The monoisotopic (exact) mass is 816 g/mol. The average Bonchev–Trinajstić information content (AvgIpc) is 3.68. The Kier molecular flexibility index (Phi) is 16.4. The molecule has 56 heavy (non-hydrogen) atoms. The minimum absolute atomic E-state index is 0.0195. The maximum atomic E-state index is 15.9. The molecule has 2 atom stereocenters. The van der Waals surface area contributed by atoms with Crippen LogP contribution in [0.2, 0.25) is 0 Å². The fourth-order valence-corrected chi connectivity index (χ4v) is 7.82. The molecule has 0 spiro atoms. The summed E-state index contributed by atoms with van der Waals surface area (Å²) in [5.41, 5.74) is -2.66. The number of hydrogen-bond donors (Lipinski definition) is 0. The van der Waals surface area contributed by atoms with Crippen molar-refractivity contribution >= 4 is 31.6 Å². The number of phosphoric ester groups is 1. The molecular formula is C39H44F3N4O8PS. The molecule has 1 aliphatic heterocycles. The number of carbonyl (C=O) groups excluding carboxylic acids is 1. The van der Waals surface area contributed by atoms with E-state index in [1.54, 1.807) is 45.1 Å². The van der Waals surface area contributed by atoms with E-state index in [9.17, 15) is 18.1 Å². The number of rotatable bonds is 21. The molecule has 1 aromatic heterocycles. The van der Waals surface area contributed by atoms with Crippen LogP contribution in [0.15, 0.2) is 92.6 Å². The number of nitrogens with zero attached hydrogens (tertiary/aromatic N) is 4. The molecule has 300 valence electrons. The molecule has 1 saturated heterocycles. The molecule has 0 N–H and O–H groups in total. The lowest BCUT2D eigenvalue weighted by Gasteiger charge is -2.42. The highest BCUT2D eigenvalue weighted by molar-refractivity contribution is 8.00. The standard InChI is InChI=1S/C39H44F3N4O8PS/c1-6-17-51-55(48,52-18-7-2)53-19-16-38(4,5)37(47)54-39(25-46-27-44-26-45-46,33-15-14-31(40)21-35(33)42)28(3)56-32-23-49-36(50-24-32)11-9-8-10-30-13-12-29(22-43)20-34(30)41/h6-15,20-21,26-28,32,36H,1-2,16-19,23-25H2,3-5H3. The molecule has 1 fully saturated rings. The minimum atomic E-state index is -4.03. The fourth-order valence-electron chi connectivity index (χ4n) is 5.34. The number of carbonyl (C=O) groups is 1. The third-order valence-corrected chi connectivity index (χ3v) is 11.4. The summed E-state index contributed by atoms with van der Waals surface area (Å²) in [6.07, 6.45) is 11.1. The summed E-state index contributed by atoms with van der Waals surface area (Å²) in [4.78, 5) is 18.2. The van der Waals surface area contributed by atoms with Gasteiger partial charge in [0.05, 0.1) is 61.9 Å². The number of hydrogen-bond acceptors (Lipinski definition) is 12. The summed E-state index contributed by atoms with van der Waals surface area (Å²) in [6.45, 7) is 11.7. The topological polar surface area (TPSA) is 144 Å². The summed E-state index contributed by atoms with van der Waals surface area (Å²) in [7, 11) is -4.03. The van der Waals surface area contributed by atoms with E-state index in [1.165, 1.54) is 59.4 Å². The zero-order valence-electron chi connectivity index (χ0n) is 31.2. The number of ether oxygens (including phenoxy) is 3. The van der Waals surface area contributed by atoms with Gasteiger partial charge in [0.25, 0.3) is 0 Å². The van der Waals surface area contributed by atoms with Crippen molar-refractivity contribution in [2.75, 3.05) is 33.0 Å². The van der Waals surface area contributed by atoms with Gasteiger partial charge in [-0.15, -0.1) is 24.9 Å². The van der Waals surface area contributed by atoms with Crippen LogP contribution in [0.25, 0.3) is 6.08 Å². The predicted molar refractivity (Wildman–Crippen MR) is 204 cm³/mol. The van der Waals surface area contributed by atoms with Gasteiger partial charge in [-0.2, -0.15) is 10.4 Å². The summed E-state index contributed by atoms with van der Waals surface area (Å²) in [5, 5.41) is 12.1. The average molecular weight is 817 g/mol. The van der Waals surface area contributed by atoms with E-state index in [2.05, 4.69) is 23.2 Å². The number of benzene rings is 2. The predicted octanol–water partition coefficient (Wildman–Crippen LogP) is 8.08. The largest absolute Gasteiger partial charge is 0.475 e. The quantitative estimate of drug-likeness (QED) is 0.0444. The molecule has 0 bridgehead atoms. The third-order valence-electron chi connectivity index (χ3n) is 8.49. The highest BCUT2D eigenvalue weighted by atomic mass is 32.2. The zero-order chi connectivity index (χ0) is 40.8. The van der Waals surface area contributed by atoms with Crippen LogP contribution in [0.1, 0.15) is 43.9 Å². The molecule has 4 rings (SSSR count). The number of halogens is 3. The van der Waals surface area contributed by atoms with Crippen LogP contribution >= 0.6 is 19.6 Å². The first kappa shape index (κ1) is 44.4. The lowest BCUT2D eigenvalue weighted by molar-refractivity contribution is -0.175. The molecule has 0 radical (unpaired) electrons. The van der Waals surface area contributed by atoms with Gasteiger partial charge in [0, 0.05) is 22.4 Å². The second-order valence-corrected chi connectivity index (χ2v) is 16.4. The van der Waals surface area contributed by atoms with Crippen LogP contribution in [-0.2, 0) is 49.3 Å². The fraction of sp³-hybridized carbons (Fsp3) is 0.385. The van der Waals surface area contributed by atoms with Gasteiger partial charge in [0.15, 0.2) is 11.9 Å². The summed E-state index contributed by atoms with van der Waals surface area (Å²) >= 11 is 1.32. The molecule has 1 aliphatic rings.